The Morgan fingerprint density at radius 1 is 1.12 bits per heavy atom. The molecular weight excluding hydrogens is 522 g/mol. The maximum Gasteiger partial charge on any atom is 0.251 e. The second-order valence-electron chi connectivity index (χ2n) is 11.0. The van der Waals surface area contributed by atoms with Crippen LogP contribution in [0.3, 0.4) is 0 Å². The molecule has 1 aliphatic carbocycles. The van der Waals surface area contributed by atoms with Gasteiger partial charge in [-0.1, -0.05) is 17.7 Å². The quantitative estimate of drug-likeness (QED) is 0.328. The second-order valence-corrected chi connectivity index (χ2v) is 11.5. The zero-order valence-corrected chi connectivity index (χ0v) is 25.3. The van der Waals surface area contributed by atoms with Gasteiger partial charge in [0.15, 0.2) is 5.43 Å². The van der Waals surface area contributed by atoms with E-state index in [4.69, 9.17) is 11.6 Å². The number of hydrogen-bond acceptors (Lipinski definition) is 5. The summed E-state index contributed by atoms with van der Waals surface area (Å²) in [5, 5.41) is 3.48. The van der Waals surface area contributed by atoms with Crippen molar-refractivity contribution in [3.8, 4) is 0 Å². The number of aromatic amines is 1. The number of carbonyl (C=O) groups is 1. The number of anilines is 1. The number of hydrogen-bond donors (Lipinski definition) is 2. The predicted molar refractivity (Wildman–Crippen MR) is 163 cm³/mol. The van der Waals surface area contributed by atoms with E-state index in [1.807, 2.05) is 45.2 Å². The molecule has 1 saturated carbocycles. The van der Waals surface area contributed by atoms with Crippen LogP contribution in [0.25, 0.3) is 0 Å². The van der Waals surface area contributed by atoms with E-state index >= 15 is 0 Å². The molecule has 4 rings (SSSR count). The van der Waals surface area contributed by atoms with Crippen LogP contribution in [-0.4, -0.2) is 46.5 Å². The van der Waals surface area contributed by atoms with Crippen LogP contribution in [0.2, 0.25) is 5.02 Å². The van der Waals surface area contributed by atoms with Crippen molar-refractivity contribution < 1.29 is 4.79 Å². The van der Waals surface area contributed by atoms with Gasteiger partial charge >= 0.3 is 0 Å². The Labute approximate surface area is 243 Å². The fourth-order valence-corrected chi connectivity index (χ4v) is 6.32. The number of pyridine rings is 2. The van der Waals surface area contributed by atoms with Crippen molar-refractivity contribution in [2.75, 3.05) is 18.5 Å². The highest BCUT2D eigenvalue weighted by atomic mass is 35.5. The van der Waals surface area contributed by atoms with E-state index in [1.54, 1.807) is 12.1 Å². The van der Waals surface area contributed by atoms with Crippen LogP contribution in [0, 0.1) is 20.8 Å². The number of aryl methyl sites for hydroxylation is 2. The van der Waals surface area contributed by atoms with Gasteiger partial charge in [-0.05, 0) is 97.2 Å². The third-order valence-electron chi connectivity index (χ3n) is 8.56. The first kappa shape index (κ1) is 29.8. The van der Waals surface area contributed by atoms with E-state index in [0.29, 0.717) is 28.2 Å². The van der Waals surface area contributed by atoms with Crippen LogP contribution < -0.4 is 15.6 Å². The van der Waals surface area contributed by atoms with Crippen LogP contribution in [0.1, 0.15) is 84.1 Å². The normalized spacial score (nSPS) is 18.0. The van der Waals surface area contributed by atoms with Gasteiger partial charge in [0.2, 0.25) is 0 Å². The van der Waals surface area contributed by atoms with Gasteiger partial charge in [0.05, 0.1) is 5.69 Å². The van der Waals surface area contributed by atoms with E-state index in [1.165, 1.54) is 0 Å². The fraction of sp³-hybridized carbons (Fsp3) is 0.469. The largest absolute Gasteiger partial charge is 0.369 e. The number of benzene rings is 1. The minimum absolute atomic E-state index is 0.0783. The van der Waals surface area contributed by atoms with Gasteiger partial charge in [-0.2, -0.15) is 0 Å². The number of nitrogens with zero attached hydrogens (tertiary/aromatic N) is 3. The first-order valence-corrected chi connectivity index (χ1v) is 14.7. The van der Waals surface area contributed by atoms with Crippen LogP contribution in [0.5, 0.6) is 0 Å². The maximum absolute atomic E-state index is 13.3. The Morgan fingerprint density at radius 2 is 1.82 bits per heavy atom. The summed E-state index contributed by atoms with van der Waals surface area (Å²) in [5.41, 5.74) is 5.60. The van der Waals surface area contributed by atoms with Crippen LogP contribution >= 0.6 is 11.6 Å². The smallest absolute Gasteiger partial charge is 0.251 e. The molecule has 3 aromatic rings. The standard InChI is InChI=1S/C32H42ClN5O2/c1-7-38(26-13-11-25(12-14-26)37(6)23(5)29-10-8-9-15-34-29)30-18-24(33)17-27(21(30)3)32(40)35-19-28-22(4)36-20(2)16-31(28)39/h8-10,15-18,23,25-26H,7,11-14,19H2,1-6H3,(H,35,40)(H,36,39). The Kier molecular flexibility index (Phi) is 9.69. The Bertz CT molecular complexity index is 1380. The van der Waals surface area contributed by atoms with Crippen molar-refractivity contribution in [2.24, 2.45) is 0 Å². The summed E-state index contributed by atoms with van der Waals surface area (Å²) in [7, 11) is 2.21. The Hall–Kier alpha value is -3.16. The number of amides is 1. The molecule has 2 aromatic heterocycles. The third kappa shape index (κ3) is 6.58. The first-order valence-electron chi connectivity index (χ1n) is 14.3. The lowest BCUT2D eigenvalue weighted by Gasteiger charge is -2.42. The average molecular weight is 564 g/mol. The Balaban J connectivity index is 1.46. The van der Waals surface area contributed by atoms with E-state index in [2.05, 4.69) is 52.0 Å². The van der Waals surface area contributed by atoms with Gasteiger partial charge in [0, 0.05) is 76.7 Å². The molecule has 0 bridgehead atoms. The lowest BCUT2D eigenvalue weighted by molar-refractivity contribution is 0.0950. The van der Waals surface area contributed by atoms with E-state index in [9.17, 15) is 9.59 Å². The molecule has 1 aromatic carbocycles. The van der Waals surface area contributed by atoms with Crippen LogP contribution in [-0.2, 0) is 6.54 Å². The minimum Gasteiger partial charge on any atom is -0.369 e. The summed E-state index contributed by atoms with van der Waals surface area (Å²) >= 11 is 6.57. The summed E-state index contributed by atoms with van der Waals surface area (Å²) < 4.78 is 0. The van der Waals surface area contributed by atoms with E-state index in [-0.39, 0.29) is 23.9 Å². The minimum atomic E-state index is -0.231. The van der Waals surface area contributed by atoms with Crippen molar-refractivity contribution in [1.82, 2.24) is 20.2 Å². The third-order valence-corrected chi connectivity index (χ3v) is 8.78. The van der Waals surface area contributed by atoms with Crippen molar-refractivity contribution in [2.45, 2.75) is 85.0 Å². The first-order chi connectivity index (χ1) is 19.1. The molecule has 2 heterocycles. The van der Waals surface area contributed by atoms with E-state index in [0.717, 1.165) is 60.6 Å². The monoisotopic (exact) mass is 563 g/mol. The number of aromatic nitrogens is 2. The van der Waals surface area contributed by atoms with Gasteiger partial charge in [0.25, 0.3) is 5.91 Å². The molecule has 0 aliphatic heterocycles. The highest BCUT2D eigenvalue weighted by Crippen LogP contribution is 2.35. The van der Waals surface area contributed by atoms with Crippen molar-refractivity contribution in [3.05, 3.63) is 91.6 Å². The SMILES string of the molecule is CCN(c1cc(Cl)cc(C(=O)NCc2c(C)[nH]c(C)cc2=O)c1C)C1CCC(N(C)C(C)c2ccccn2)CC1. The second kappa shape index (κ2) is 13.0. The predicted octanol–water partition coefficient (Wildman–Crippen LogP) is 6.11. The lowest BCUT2D eigenvalue weighted by Crippen LogP contribution is -2.44. The van der Waals surface area contributed by atoms with Crippen LogP contribution in [0.15, 0.2) is 47.4 Å². The molecular formula is C32H42ClN5O2. The molecule has 40 heavy (non-hydrogen) atoms. The molecule has 8 heteroatoms. The molecule has 214 valence electrons. The van der Waals surface area contributed by atoms with Gasteiger partial charge < -0.3 is 15.2 Å². The molecule has 1 fully saturated rings. The maximum atomic E-state index is 13.3. The number of rotatable bonds is 9. The summed E-state index contributed by atoms with van der Waals surface area (Å²) in [6.07, 6.45) is 6.21. The highest BCUT2D eigenvalue weighted by molar-refractivity contribution is 6.31. The zero-order chi connectivity index (χ0) is 29.0. The molecule has 2 N–H and O–H groups in total. The van der Waals surface area contributed by atoms with Crippen molar-refractivity contribution in [1.29, 1.82) is 0 Å². The van der Waals surface area contributed by atoms with Gasteiger partial charge in [-0.15, -0.1) is 0 Å². The lowest BCUT2D eigenvalue weighted by atomic mass is 9.88. The molecule has 1 amide bonds. The summed E-state index contributed by atoms with van der Waals surface area (Å²) in [6, 6.07) is 12.5. The number of nitrogens with one attached hydrogen (secondary N) is 2. The summed E-state index contributed by atoms with van der Waals surface area (Å²) in [4.78, 5) is 38.4. The Morgan fingerprint density at radius 3 is 2.45 bits per heavy atom. The fourth-order valence-electron chi connectivity index (χ4n) is 6.11. The number of halogens is 1. The molecule has 1 atom stereocenters. The summed E-state index contributed by atoms with van der Waals surface area (Å²) in [5.74, 6) is -0.231. The number of H-pyrrole nitrogens is 1. The topological polar surface area (TPSA) is 81.3 Å². The van der Waals surface area contributed by atoms with E-state index < -0.39 is 0 Å². The van der Waals surface area contributed by atoms with Gasteiger partial charge in [-0.3, -0.25) is 19.5 Å². The summed E-state index contributed by atoms with van der Waals surface area (Å²) in [6.45, 7) is 11.1. The molecule has 1 aliphatic rings. The molecule has 7 nitrogen and oxygen atoms in total. The zero-order valence-electron chi connectivity index (χ0n) is 24.6. The van der Waals surface area contributed by atoms with Crippen molar-refractivity contribution >= 4 is 23.2 Å². The molecule has 0 saturated heterocycles. The van der Waals surface area contributed by atoms with Gasteiger partial charge in [-0.25, -0.2) is 0 Å². The average Bonchev–Trinajstić information content (AvgIpc) is 2.94. The highest BCUT2D eigenvalue weighted by Gasteiger charge is 2.31. The molecule has 0 spiro atoms. The molecule has 1 unspecified atom stereocenters. The number of carbonyl (C=O) groups excluding carboxylic acids is 1. The molecule has 0 radical (unpaired) electrons. The van der Waals surface area contributed by atoms with Crippen LogP contribution in [0.4, 0.5) is 5.69 Å². The van der Waals surface area contributed by atoms with Gasteiger partial charge in [0.1, 0.15) is 0 Å². The van der Waals surface area contributed by atoms with Crippen molar-refractivity contribution in [3.63, 3.8) is 0 Å².